The van der Waals surface area contributed by atoms with Crippen LogP contribution in [-0.4, -0.2) is 40.3 Å². The van der Waals surface area contributed by atoms with E-state index in [0.29, 0.717) is 24.2 Å². The van der Waals surface area contributed by atoms with Gasteiger partial charge in [-0.15, -0.1) is 0 Å². The summed E-state index contributed by atoms with van der Waals surface area (Å²) in [5, 5.41) is 10.5. The van der Waals surface area contributed by atoms with Gasteiger partial charge in [0.15, 0.2) is 5.69 Å². The second-order valence-corrected chi connectivity index (χ2v) is 6.55. The predicted molar refractivity (Wildman–Crippen MR) is 93.6 cm³/mol. The van der Waals surface area contributed by atoms with Crippen molar-refractivity contribution in [2.24, 2.45) is 5.73 Å². The highest BCUT2D eigenvalue weighted by Crippen LogP contribution is 2.19. The van der Waals surface area contributed by atoms with Gasteiger partial charge in [0.25, 0.3) is 16.0 Å². The number of carbonyl (C=O) groups excluding carboxylic acids is 1. The summed E-state index contributed by atoms with van der Waals surface area (Å²) in [5.74, 6) is -0.267. The number of nitrogens with one attached hydrogen (secondary N) is 2. The fourth-order valence-electron chi connectivity index (χ4n) is 1.99. The first kappa shape index (κ1) is 18.5. The third-order valence-electron chi connectivity index (χ3n) is 3.02. The van der Waals surface area contributed by atoms with E-state index >= 15 is 0 Å². The van der Waals surface area contributed by atoms with Crippen LogP contribution in [0.25, 0.3) is 10.9 Å². The zero-order valence-electron chi connectivity index (χ0n) is 13.3. The summed E-state index contributed by atoms with van der Waals surface area (Å²) < 4.78 is 25.9. The third kappa shape index (κ3) is 5.64. The lowest BCUT2D eigenvalue weighted by Gasteiger charge is -2.03. The van der Waals surface area contributed by atoms with Crippen molar-refractivity contribution >= 4 is 32.6 Å². The average Bonchev–Trinajstić information content (AvgIpc) is 2.97. The lowest BCUT2D eigenvalue weighted by Crippen LogP contribution is -2.12. The molecule has 0 atom stereocenters. The van der Waals surface area contributed by atoms with E-state index in [2.05, 4.69) is 20.5 Å². The molecule has 1 amide bonds. The number of pyridine rings is 1. The standard InChI is InChI=1S/C14H13N5O.CH4O3S/c15-8-9-1-2-12-11(7-9)13(19-18-12)14(20)17-10-3-5-16-6-4-10;1-5(2,3)4/h1-7H,8,15H2,(H,18,19)(H,16,17,20);1H3,(H,2,3,4). The van der Waals surface area contributed by atoms with E-state index in [1.54, 1.807) is 24.5 Å². The molecule has 2 heterocycles. The van der Waals surface area contributed by atoms with E-state index in [9.17, 15) is 13.2 Å². The third-order valence-corrected chi connectivity index (χ3v) is 3.02. The predicted octanol–water partition coefficient (Wildman–Crippen LogP) is 1.17. The molecule has 5 N–H and O–H groups in total. The first-order chi connectivity index (χ1) is 11.8. The van der Waals surface area contributed by atoms with Gasteiger partial charge < -0.3 is 11.1 Å². The van der Waals surface area contributed by atoms with Crippen LogP contribution in [0.2, 0.25) is 0 Å². The summed E-state index contributed by atoms with van der Waals surface area (Å²) in [7, 11) is -3.67. The number of anilines is 1. The minimum absolute atomic E-state index is 0.267. The molecule has 0 aliphatic heterocycles. The van der Waals surface area contributed by atoms with Gasteiger partial charge in [-0.2, -0.15) is 13.5 Å². The molecule has 132 valence electrons. The van der Waals surface area contributed by atoms with Gasteiger partial charge in [0.2, 0.25) is 0 Å². The number of hydrogen-bond acceptors (Lipinski definition) is 6. The molecule has 2 aromatic heterocycles. The largest absolute Gasteiger partial charge is 0.326 e. The van der Waals surface area contributed by atoms with Gasteiger partial charge in [-0.3, -0.25) is 19.4 Å². The number of carbonyl (C=O) groups is 1. The van der Waals surface area contributed by atoms with E-state index in [1.165, 1.54) is 0 Å². The van der Waals surface area contributed by atoms with Gasteiger partial charge in [0.1, 0.15) is 0 Å². The van der Waals surface area contributed by atoms with Gasteiger partial charge in [-0.25, -0.2) is 0 Å². The Morgan fingerprint density at radius 3 is 2.52 bits per heavy atom. The van der Waals surface area contributed by atoms with Crippen LogP contribution in [0.3, 0.4) is 0 Å². The van der Waals surface area contributed by atoms with Gasteiger partial charge in [-0.1, -0.05) is 6.07 Å². The zero-order chi connectivity index (χ0) is 18.4. The maximum Gasteiger partial charge on any atom is 0.276 e. The summed E-state index contributed by atoms with van der Waals surface area (Å²) in [6, 6.07) is 9.09. The number of nitrogens with two attached hydrogens (primary N) is 1. The maximum absolute atomic E-state index is 12.2. The molecule has 0 saturated heterocycles. The van der Waals surface area contributed by atoms with Crippen molar-refractivity contribution in [3.63, 3.8) is 0 Å². The molecular weight excluding hydrogens is 346 g/mol. The number of nitrogens with zero attached hydrogens (tertiary/aromatic N) is 2. The Morgan fingerprint density at radius 1 is 1.28 bits per heavy atom. The molecule has 0 spiro atoms. The van der Waals surface area contributed by atoms with Crippen LogP contribution >= 0.6 is 0 Å². The van der Waals surface area contributed by atoms with Crippen molar-refractivity contribution in [3.8, 4) is 0 Å². The molecule has 0 aliphatic carbocycles. The number of aromatic amines is 1. The molecule has 3 aromatic rings. The highest BCUT2D eigenvalue weighted by molar-refractivity contribution is 7.85. The molecule has 0 aliphatic rings. The fraction of sp³-hybridized carbons (Fsp3) is 0.133. The summed E-state index contributed by atoms with van der Waals surface area (Å²) in [6.45, 7) is 0.423. The molecule has 9 nitrogen and oxygen atoms in total. The van der Waals surface area contributed by atoms with Crippen molar-refractivity contribution < 1.29 is 17.8 Å². The van der Waals surface area contributed by atoms with Gasteiger partial charge in [0, 0.05) is 30.0 Å². The van der Waals surface area contributed by atoms with Gasteiger partial charge in [0.05, 0.1) is 11.8 Å². The first-order valence-electron chi connectivity index (χ1n) is 7.09. The van der Waals surface area contributed by atoms with Crippen LogP contribution < -0.4 is 11.1 Å². The summed E-state index contributed by atoms with van der Waals surface area (Å²) in [5.41, 5.74) is 8.41. The number of fused-ring (bicyclic) bond motifs is 1. The lowest BCUT2D eigenvalue weighted by atomic mass is 10.1. The van der Waals surface area contributed by atoms with Crippen molar-refractivity contribution in [2.75, 3.05) is 11.6 Å². The molecule has 0 fully saturated rings. The van der Waals surface area contributed by atoms with E-state index in [-0.39, 0.29) is 5.91 Å². The first-order valence-corrected chi connectivity index (χ1v) is 8.93. The van der Waals surface area contributed by atoms with Crippen molar-refractivity contribution in [1.82, 2.24) is 15.2 Å². The molecule has 0 bridgehead atoms. The maximum atomic E-state index is 12.2. The molecule has 0 unspecified atom stereocenters. The average molecular weight is 363 g/mol. The van der Waals surface area contributed by atoms with E-state index in [1.807, 2.05) is 18.2 Å². The summed E-state index contributed by atoms with van der Waals surface area (Å²) >= 11 is 0. The monoisotopic (exact) mass is 363 g/mol. The number of amides is 1. The Balaban J connectivity index is 0.000000399. The second-order valence-electron chi connectivity index (χ2n) is 5.08. The minimum atomic E-state index is -3.67. The van der Waals surface area contributed by atoms with E-state index in [0.717, 1.165) is 16.5 Å². The summed E-state index contributed by atoms with van der Waals surface area (Å²) in [6.07, 6.45) is 3.95. The SMILES string of the molecule is CS(=O)(=O)O.NCc1ccc2[nH]nc(C(=O)Nc3ccncc3)c2c1. The number of benzene rings is 1. The number of H-pyrrole nitrogens is 1. The highest BCUT2D eigenvalue weighted by atomic mass is 32.2. The smallest absolute Gasteiger partial charge is 0.276 e. The molecule has 10 heteroatoms. The Hall–Kier alpha value is -2.82. The Labute approximate surface area is 144 Å². The van der Waals surface area contributed by atoms with E-state index < -0.39 is 10.1 Å². The molecule has 1 aromatic carbocycles. The zero-order valence-corrected chi connectivity index (χ0v) is 14.1. The fourth-order valence-corrected chi connectivity index (χ4v) is 1.99. The summed E-state index contributed by atoms with van der Waals surface area (Å²) in [4.78, 5) is 16.1. The Kier molecular flexibility index (Phi) is 5.80. The highest BCUT2D eigenvalue weighted by Gasteiger charge is 2.14. The molecule has 3 rings (SSSR count). The van der Waals surface area contributed by atoms with Crippen LogP contribution in [0, 0.1) is 0 Å². The Bertz CT molecular complexity index is 962. The Morgan fingerprint density at radius 2 is 1.92 bits per heavy atom. The molecule has 25 heavy (non-hydrogen) atoms. The van der Waals surface area contributed by atoms with Crippen LogP contribution in [-0.2, 0) is 16.7 Å². The van der Waals surface area contributed by atoms with E-state index in [4.69, 9.17) is 10.3 Å². The minimum Gasteiger partial charge on any atom is -0.326 e. The number of rotatable bonds is 3. The van der Waals surface area contributed by atoms with Crippen molar-refractivity contribution in [3.05, 3.63) is 54.0 Å². The topological polar surface area (TPSA) is 151 Å². The van der Waals surface area contributed by atoms with Gasteiger partial charge in [-0.05, 0) is 29.8 Å². The van der Waals surface area contributed by atoms with Crippen LogP contribution in [0.4, 0.5) is 5.69 Å². The van der Waals surface area contributed by atoms with Crippen LogP contribution in [0.15, 0.2) is 42.7 Å². The number of aromatic nitrogens is 3. The van der Waals surface area contributed by atoms with Crippen LogP contribution in [0.5, 0.6) is 0 Å². The molecule has 0 saturated carbocycles. The van der Waals surface area contributed by atoms with Crippen LogP contribution in [0.1, 0.15) is 16.1 Å². The number of hydrogen-bond donors (Lipinski definition) is 4. The molecule has 0 radical (unpaired) electrons. The van der Waals surface area contributed by atoms with Crippen molar-refractivity contribution in [2.45, 2.75) is 6.54 Å². The normalized spacial score (nSPS) is 10.8. The second kappa shape index (κ2) is 7.83. The lowest BCUT2D eigenvalue weighted by molar-refractivity contribution is 0.102. The van der Waals surface area contributed by atoms with Crippen molar-refractivity contribution in [1.29, 1.82) is 0 Å². The molecular formula is C15H17N5O4S. The van der Waals surface area contributed by atoms with Gasteiger partial charge >= 0.3 is 0 Å². The quantitative estimate of drug-likeness (QED) is 0.510.